The van der Waals surface area contributed by atoms with Crippen molar-refractivity contribution in [2.45, 2.75) is 17.7 Å². The van der Waals surface area contributed by atoms with Crippen molar-refractivity contribution in [3.05, 3.63) is 46.0 Å². The number of rotatable bonds is 6. The number of nitro groups is 1. The molecule has 21 heavy (non-hydrogen) atoms. The smallest absolute Gasteiger partial charge is 0.270 e. The molecule has 1 aliphatic heterocycles. The van der Waals surface area contributed by atoms with Crippen LogP contribution in [0.2, 0.25) is 0 Å². The highest BCUT2D eigenvalue weighted by atomic mass is 32.2. The average Bonchev–Trinajstić information content (AvgIpc) is 2.48. The van der Waals surface area contributed by atoms with Crippen LogP contribution in [0.1, 0.15) is 12.8 Å². The predicted molar refractivity (Wildman–Crippen MR) is 78.5 cm³/mol. The third kappa shape index (κ3) is 4.35. The third-order valence-corrected chi connectivity index (χ3v) is 4.69. The number of hydrogen-bond donors (Lipinski definition) is 2. The lowest BCUT2D eigenvalue weighted by atomic mass is 10.1. The lowest BCUT2D eigenvalue weighted by Crippen LogP contribution is -2.26. The van der Waals surface area contributed by atoms with E-state index < -0.39 is 14.9 Å². The fourth-order valence-corrected chi connectivity index (χ4v) is 3.16. The summed E-state index contributed by atoms with van der Waals surface area (Å²) in [6, 6.07) is 5.03. The molecule has 0 aliphatic carbocycles. The maximum Gasteiger partial charge on any atom is 0.270 e. The van der Waals surface area contributed by atoms with Gasteiger partial charge in [0.2, 0.25) is 10.0 Å². The zero-order chi connectivity index (χ0) is 15.3. The molecule has 7 nitrogen and oxygen atoms in total. The summed E-state index contributed by atoms with van der Waals surface area (Å²) >= 11 is 0. The van der Waals surface area contributed by atoms with E-state index in [0.29, 0.717) is 6.42 Å². The van der Waals surface area contributed by atoms with Gasteiger partial charge in [-0.05, 0) is 25.5 Å². The number of nitro benzene ring substituents is 1. The quantitative estimate of drug-likeness (QED) is 0.467. The molecule has 0 unspecified atom stereocenters. The highest BCUT2D eigenvalue weighted by molar-refractivity contribution is 7.89. The van der Waals surface area contributed by atoms with E-state index >= 15 is 0 Å². The van der Waals surface area contributed by atoms with Gasteiger partial charge in [-0.2, -0.15) is 0 Å². The monoisotopic (exact) mass is 311 g/mol. The van der Waals surface area contributed by atoms with E-state index in [0.717, 1.165) is 25.6 Å². The van der Waals surface area contributed by atoms with Crippen molar-refractivity contribution < 1.29 is 13.3 Å². The Kier molecular flexibility index (Phi) is 5.05. The van der Waals surface area contributed by atoms with Crippen LogP contribution in [-0.2, 0) is 10.0 Å². The van der Waals surface area contributed by atoms with E-state index in [1.165, 1.54) is 23.8 Å². The van der Waals surface area contributed by atoms with Gasteiger partial charge in [0.05, 0.1) is 9.82 Å². The topological polar surface area (TPSA) is 101 Å². The summed E-state index contributed by atoms with van der Waals surface area (Å²) in [6.07, 6.45) is 3.62. The summed E-state index contributed by atoms with van der Waals surface area (Å²) < 4.78 is 26.6. The Morgan fingerprint density at radius 1 is 1.38 bits per heavy atom. The number of nitrogens with one attached hydrogen (secondary N) is 2. The molecule has 0 spiro atoms. The average molecular weight is 311 g/mol. The molecule has 0 aromatic heterocycles. The minimum absolute atomic E-state index is 0.0870. The van der Waals surface area contributed by atoms with E-state index in [1.54, 1.807) is 0 Å². The summed E-state index contributed by atoms with van der Waals surface area (Å²) in [7, 11) is -3.71. The third-order valence-electron chi connectivity index (χ3n) is 3.23. The van der Waals surface area contributed by atoms with Crippen LogP contribution in [0.25, 0.3) is 0 Å². The molecule has 0 saturated heterocycles. The van der Waals surface area contributed by atoms with Gasteiger partial charge in [-0.15, -0.1) is 0 Å². The Morgan fingerprint density at radius 3 is 2.86 bits per heavy atom. The van der Waals surface area contributed by atoms with Gasteiger partial charge in [0.15, 0.2) is 0 Å². The molecule has 0 fully saturated rings. The second kappa shape index (κ2) is 6.79. The molecule has 0 saturated carbocycles. The van der Waals surface area contributed by atoms with Gasteiger partial charge in [0.1, 0.15) is 0 Å². The predicted octanol–water partition coefficient (Wildman–Crippen LogP) is 1.18. The molecule has 8 heteroatoms. The molecule has 0 bridgehead atoms. The van der Waals surface area contributed by atoms with Crippen molar-refractivity contribution in [1.29, 1.82) is 0 Å². The standard InChI is InChI=1S/C13H17N3O4S/c17-16(18)12-2-1-3-13(10-12)21(19,20)15-9-6-11-4-7-14-8-5-11/h1-4,10,14-15H,5-9H2. The largest absolute Gasteiger partial charge is 0.313 e. The van der Waals surface area contributed by atoms with Crippen LogP contribution in [0.15, 0.2) is 40.8 Å². The molecule has 0 amide bonds. The van der Waals surface area contributed by atoms with Gasteiger partial charge in [0.25, 0.3) is 5.69 Å². The van der Waals surface area contributed by atoms with E-state index in [4.69, 9.17) is 0 Å². The van der Waals surface area contributed by atoms with Gasteiger partial charge in [-0.25, -0.2) is 13.1 Å². The normalized spacial score (nSPS) is 15.5. The van der Waals surface area contributed by atoms with E-state index in [9.17, 15) is 18.5 Å². The highest BCUT2D eigenvalue weighted by Gasteiger charge is 2.17. The Bertz CT molecular complexity index is 655. The van der Waals surface area contributed by atoms with Gasteiger partial charge >= 0.3 is 0 Å². The summed E-state index contributed by atoms with van der Waals surface area (Å²) in [4.78, 5) is 9.98. The zero-order valence-corrected chi connectivity index (χ0v) is 12.2. The van der Waals surface area contributed by atoms with Crippen LogP contribution in [0, 0.1) is 10.1 Å². The second-order valence-electron chi connectivity index (χ2n) is 4.72. The minimum atomic E-state index is -3.71. The van der Waals surface area contributed by atoms with Crippen molar-refractivity contribution in [3.8, 4) is 0 Å². The van der Waals surface area contributed by atoms with Gasteiger partial charge in [-0.1, -0.05) is 17.7 Å². The van der Waals surface area contributed by atoms with E-state index in [-0.39, 0.29) is 17.1 Å². The molecule has 114 valence electrons. The van der Waals surface area contributed by atoms with Crippen LogP contribution in [0.5, 0.6) is 0 Å². The first-order chi connectivity index (χ1) is 9.99. The second-order valence-corrected chi connectivity index (χ2v) is 6.49. The van der Waals surface area contributed by atoms with Crippen molar-refractivity contribution in [3.63, 3.8) is 0 Å². The summed E-state index contributed by atoms with van der Waals surface area (Å²) in [5.74, 6) is 0. The van der Waals surface area contributed by atoms with Gasteiger partial charge in [0, 0.05) is 25.2 Å². The number of benzene rings is 1. The molecule has 1 aromatic carbocycles. The van der Waals surface area contributed by atoms with Crippen molar-refractivity contribution >= 4 is 15.7 Å². The maximum absolute atomic E-state index is 12.1. The molecule has 0 atom stereocenters. The molecule has 1 aliphatic rings. The zero-order valence-electron chi connectivity index (χ0n) is 11.4. The number of non-ortho nitro benzene ring substituents is 1. The Labute approximate surface area is 123 Å². The van der Waals surface area contributed by atoms with E-state index in [1.807, 2.05) is 0 Å². The van der Waals surface area contributed by atoms with E-state index in [2.05, 4.69) is 16.1 Å². The minimum Gasteiger partial charge on any atom is -0.313 e. The fourth-order valence-electron chi connectivity index (χ4n) is 2.09. The number of nitrogens with zero attached hydrogens (tertiary/aromatic N) is 1. The molecule has 1 aromatic rings. The first-order valence-corrected chi connectivity index (χ1v) is 8.10. The molecule has 2 N–H and O–H groups in total. The lowest BCUT2D eigenvalue weighted by molar-refractivity contribution is -0.385. The molecule has 2 rings (SSSR count). The van der Waals surface area contributed by atoms with Crippen molar-refractivity contribution in [2.24, 2.45) is 0 Å². The highest BCUT2D eigenvalue weighted by Crippen LogP contribution is 2.17. The fraction of sp³-hybridized carbons (Fsp3) is 0.385. The molecule has 0 radical (unpaired) electrons. The van der Waals surface area contributed by atoms with Gasteiger partial charge < -0.3 is 5.32 Å². The number of hydrogen-bond acceptors (Lipinski definition) is 5. The lowest BCUT2D eigenvalue weighted by Gasteiger charge is -2.14. The Balaban J connectivity index is 1.99. The van der Waals surface area contributed by atoms with Crippen molar-refractivity contribution in [2.75, 3.05) is 19.6 Å². The molecule has 1 heterocycles. The van der Waals surface area contributed by atoms with Crippen LogP contribution in [-0.4, -0.2) is 33.0 Å². The van der Waals surface area contributed by atoms with Crippen molar-refractivity contribution in [1.82, 2.24) is 10.0 Å². The Hall–Kier alpha value is -1.77. The van der Waals surface area contributed by atoms with Gasteiger partial charge in [-0.3, -0.25) is 10.1 Å². The van der Waals surface area contributed by atoms with Crippen LogP contribution >= 0.6 is 0 Å². The maximum atomic E-state index is 12.1. The summed E-state index contributed by atoms with van der Waals surface area (Å²) in [5, 5.41) is 13.9. The first-order valence-electron chi connectivity index (χ1n) is 6.62. The van der Waals surface area contributed by atoms with Crippen LogP contribution in [0.4, 0.5) is 5.69 Å². The van der Waals surface area contributed by atoms with Crippen LogP contribution in [0.3, 0.4) is 0 Å². The Morgan fingerprint density at radius 2 is 2.19 bits per heavy atom. The summed E-state index contributed by atoms with van der Waals surface area (Å²) in [6.45, 7) is 2.01. The van der Waals surface area contributed by atoms with Crippen LogP contribution < -0.4 is 10.0 Å². The first kappa shape index (κ1) is 15.6. The SMILES string of the molecule is O=[N+]([O-])c1cccc(S(=O)(=O)NCCC2=CCNCC2)c1. The number of sulfonamides is 1. The summed E-state index contributed by atoms with van der Waals surface area (Å²) in [5.41, 5.74) is 0.981. The molecular formula is C13H17N3O4S. The molecular weight excluding hydrogens is 294 g/mol.